The zero-order valence-corrected chi connectivity index (χ0v) is 72.1. The number of carbonyl (C=O) groups is 19. The van der Waals surface area contributed by atoms with Gasteiger partial charge in [0.1, 0.15) is 115 Å². The molecular formula is C88H111N17O25. The highest BCUT2D eigenvalue weighted by molar-refractivity contribution is 6.02. The highest BCUT2D eigenvalue weighted by atomic mass is 16.5. The van der Waals surface area contributed by atoms with Crippen LogP contribution in [0.2, 0.25) is 0 Å². The van der Waals surface area contributed by atoms with Crippen molar-refractivity contribution >= 4 is 123 Å². The number of para-hydroxylation sites is 1. The number of nitrogens with zero attached hydrogens (tertiary/aromatic N) is 2. The Morgan fingerprint density at radius 1 is 0.546 bits per heavy atom. The quantitative estimate of drug-likeness (QED) is 0.0319. The minimum Gasteiger partial charge on any atom is -0.508 e. The molecule has 0 saturated carbocycles. The molecule has 10 rings (SSSR count). The molecule has 15 atom stereocenters. The number of nitrogens with one attached hydrogen (secondary N) is 14. The number of fused-ring (bicyclic) bond motifs is 13. The summed E-state index contributed by atoms with van der Waals surface area (Å²) in [4.78, 5) is 285. The Hall–Kier alpha value is -14.3. The van der Waals surface area contributed by atoms with Crippen molar-refractivity contribution in [1.29, 1.82) is 0 Å². The average Bonchev–Trinajstić information content (AvgIpc) is 1.67. The number of ether oxygens (including phenoxy) is 2. The van der Waals surface area contributed by atoms with Gasteiger partial charge in [0.2, 0.25) is 94.5 Å². The van der Waals surface area contributed by atoms with E-state index in [1.807, 2.05) is 0 Å². The lowest BCUT2D eigenvalue weighted by Gasteiger charge is -2.31. The van der Waals surface area contributed by atoms with Gasteiger partial charge in [-0.05, 0) is 148 Å². The summed E-state index contributed by atoms with van der Waals surface area (Å²) in [7, 11) is 0. The largest absolute Gasteiger partial charge is 0.508 e. The summed E-state index contributed by atoms with van der Waals surface area (Å²) in [6, 6.07) is -1.83. The van der Waals surface area contributed by atoms with Crippen LogP contribution in [0, 0.1) is 5.92 Å². The van der Waals surface area contributed by atoms with Gasteiger partial charge in [0.15, 0.2) is 0 Å². The van der Waals surface area contributed by atoms with Crippen LogP contribution in [0.25, 0.3) is 10.9 Å². The van der Waals surface area contributed by atoms with Crippen molar-refractivity contribution < 1.29 is 121 Å². The Balaban J connectivity index is 1.09. The molecule has 4 bridgehead atoms. The Morgan fingerprint density at radius 3 is 1.78 bits per heavy atom. The van der Waals surface area contributed by atoms with Crippen LogP contribution in [0.15, 0.2) is 103 Å². The summed E-state index contributed by atoms with van der Waals surface area (Å²) >= 11 is 0. The number of carboxylic acid groups (broad SMARTS) is 1. The minimum atomic E-state index is -2.30. The molecule has 0 aliphatic carbocycles. The number of cyclic esters (lactones) is 1. The maximum Gasteiger partial charge on any atom is 0.326 e. The third-order valence-electron chi connectivity index (χ3n) is 22.9. The number of hydrogen-bond acceptors (Lipinski definition) is 24. The lowest BCUT2D eigenvalue weighted by molar-refractivity contribution is -0.154. The van der Waals surface area contributed by atoms with Gasteiger partial charge in [0.05, 0.1) is 6.42 Å². The van der Waals surface area contributed by atoms with E-state index in [1.165, 1.54) is 90.8 Å². The van der Waals surface area contributed by atoms with Gasteiger partial charge in [-0.15, -0.1) is 0 Å². The number of likely N-dealkylation sites (tertiary alicyclic amines) is 1. The molecule has 0 unspecified atom stereocenters. The maximum absolute atomic E-state index is 15.7. The van der Waals surface area contributed by atoms with E-state index in [0.29, 0.717) is 33.2 Å². The smallest absolute Gasteiger partial charge is 0.326 e. The number of aromatic amines is 1. The summed E-state index contributed by atoms with van der Waals surface area (Å²) < 4.78 is 11.7. The van der Waals surface area contributed by atoms with Crippen molar-refractivity contribution in [3.8, 4) is 17.2 Å². The molecule has 4 aromatic carbocycles. The second-order valence-corrected chi connectivity index (χ2v) is 33.4. The summed E-state index contributed by atoms with van der Waals surface area (Å²) in [5.41, 5.74) is 7.67. The van der Waals surface area contributed by atoms with E-state index in [-0.39, 0.29) is 108 Å². The van der Waals surface area contributed by atoms with E-state index in [9.17, 15) is 58.8 Å². The van der Waals surface area contributed by atoms with Gasteiger partial charge in [-0.3, -0.25) is 86.3 Å². The van der Waals surface area contributed by atoms with Crippen LogP contribution >= 0.6 is 0 Å². The number of nitrogens with two attached hydrogens (primary N) is 1. The average molecular weight is 1810 g/mol. The highest BCUT2D eigenvalue weighted by Gasteiger charge is 2.45. The molecule has 5 aliphatic heterocycles. The molecule has 42 nitrogen and oxygen atoms in total. The van der Waals surface area contributed by atoms with E-state index in [4.69, 9.17) is 15.2 Å². The number of phenolic OH excluding ortho intramolecular Hbond substituents is 3. The molecule has 698 valence electrons. The summed E-state index contributed by atoms with van der Waals surface area (Å²) in [6.07, 6.45) is -7.58. The Morgan fingerprint density at radius 2 is 1.12 bits per heavy atom. The molecule has 16 amide bonds. The molecule has 0 radical (unpaired) electrons. The van der Waals surface area contributed by atoms with Crippen molar-refractivity contribution in [2.75, 3.05) is 26.2 Å². The van der Waals surface area contributed by atoms with Crippen molar-refractivity contribution in [3.05, 3.63) is 126 Å². The monoisotopic (exact) mass is 1810 g/mol. The van der Waals surface area contributed by atoms with E-state index < -0.39 is 267 Å². The molecule has 6 heterocycles. The van der Waals surface area contributed by atoms with Gasteiger partial charge in [-0.2, -0.15) is 0 Å². The van der Waals surface area contributed by atoms with E-state index in [0.717, 1.165) is 11.8 Å². The Labute approximate surface area is 746 Å². The molecule has 5 aliphatic rings. The maximum atomic E-state index is 15.7. The zero-order valence-electron chi connectivity index (χ0n) is 72.1. The van der Waals surface area contributed by atoms with Crippen LogP contribution in [0.3, 0.4) is 0 Å². The van der Waals surface area contributed by atoms with Crippen molar-refractivity contribution in [2.24, 2.45) is 11.7 Å². The van der Waals surface area contributed by atoms with E-state index >= 15 is 52.7 Å². The van der Waals surface area contributed by atoms with Gasteiger partial charge in [0.25, 0.3) is 0 Å². The number of carbonyl (C=O) groups excluding carboxylic acids is 18. The fraction of sp³-hybridized carbons (Fsp3) is 0.489. The Bertz CT molecular complexity index is 5030. The first-order valence-corrected chi connectivity index (χ1v) is 43.2. The van der Waals surface area contributed by atoms with Crippen molar-refractivity contribution in [2.45, 2.75) is 240 Å². The molecule has 5 fully saturated rings. The number of aromatic hydroxyl groups is 3. The molecule has 42 heteroatoms. The van der Waals surface area contributed by atoms with Crippen LogP contribution in [0.4, 0.5) is 0 Å². The molecule has 130 heavy (non-hydrogen) atoms. The molecule has 1 aromatic heterocycles. The van der Waals surface area contributed by atoms with Crippen molar-refractivity contribution in [3.63, 3.8) is 0 Å². The number of esters is 2. The number of benzene rings is 4. The number of hydrogen-bond donors (Lipinski definition) is 19. The summed E-state index contributed by atoms with van der Waals surface area (Å²) in [6.45, 7) is 4.02. The number of rotatable bonds is 22. The van der Waals surface area contributed by atoms with Crippen molar-refractivity contribution in [1.82, 2.24) is 83.9 Å². The zero-order chi connectivity index (χ0) is 94.2. The molecule has 5 saturated heterocycles. The lowest BCUT2D eigenvalue weighted by Crippen LogP contribution is -2.62. The highest BCUT2D eigenvalue weighted by Crippen LogP contribution is 2.27. The fourth-order valence-electron chi connectivity index (χ4n) is 16.1. The lowest BCUT2D eigenvalue weighted by atomic mass is 10.00. The number of aromatic nitrogens is 1. The van der Waals surface area contributed by atoms with Crippen LogP contribution in [0.5, 0.6) is 17.2 Å². The SMILES string of the molecule is CC(=O)N[C@@H](Cc1ccc(O)cc1)C(=O)N1CCC[C@H]1C(=O)N[C@@H](CCC(N)=O)C(=O)N[C@@H]1C(=O)N[C@@H](CC(C)C)C(=O)N[C@H]2CCCCNC(=O)CC[C@@H](C(=O)N[C@@H](Cc3ccc(O)cc3)C(=O)O)NC(=O)[C@@H]3CCC(=O)OC[C@H](NC(=O)[C@@H]4CCCN4C(=O)[C@H](Cc4ccc(O)cc4)NC2=O)C(=O)N[C@@H](CC(=O)O[C@@H]1C)C(=O)N[C@@H](Cc1c[nH]c2ccccc12)C(=O)N3. The van der Waals surface area contributed by atoms with E-state index in [2.05, 4.69) is 74.1 Å². The summed E-state index contributed by atoms with van der Waals surface area (Å²) in [5, 5.41) is 74.6. The van der Waals surface area contributed by atoms with Gasteiger partial charge in [-0.1, -0.05) is 68.4 Å². The standard InChI is InChI=1S/C88H111N17O25/c1-45(2)37-61-79(118)93-57-13-7-8-34-90-71(111)32-29-59(77(116)101-66(88(127)128)40-50-20-26-54(109)27-21-50)94-76(115)60-30-33-72(112)129-44-67(102-84(123)69-15-10-36-105(69)87(126)65(100-75(57)114)39-49-18-24-53(108)25-19-49)82(121)98-63(81(120)97-62(80(119)95-60)41-51-43-91-56-12-6-5-11-55(51)56)42-73(113)130-46(3)74(85(124)99-61)103-78(117)58(28-31-70(89)110)96-83(122)68-14-9-35-104(68)86(125)64(92-47(4)106)38-48-16-22-52(107)23-17-48/h5-6,11-12,16-27,43,45-46,57-69,74,91,107-109H,7-10,13-15,28-42,44H2,1-4H3,(H2,89,110)(H,90,111)(H,92,106)(H,93,118)(H,94,115)(H,95,119)(H,96,122)(H,97,120)(H,98,121)(H,99,124)(H,100,114)(H,101,116)(H,102,123)(H,103,117)(H,127,128)/t46-,57+,58+,59+,60+,61+,62+,63+,64+,65+,66+,67+,68+,69+,74+/m1/s1. The molecular weight excluding hydrogens is 1700 g/mol. The third kappa shape index (κ3) is 27.9. The van der Waals surface area contributed by atoms with Gasteiger partial charge < -0.3 is 120 Å². The number of H-pyrrole nitrogens is 1. The topological polar surface area (TPSA) is 628 Å². The first-order chi connectivity index (χ1) is 61.9. The fourth-order valence-corrected chi connectivity index (χ4v) is 16.1. The number of aliphatic carboxylic acids is 1. The second kappa shape index (κ2) is 46.0. The molecule has 0 spiro atoms. The molecule has 20 N–H and O–H groups in total. The van der Waals surface area contributed by atoms with Gasteiger partial charge in [0, 0.05) is 88.6 Å². The van der Waals surface area contributed by atoms with Crippen LogP contribution in [-0.2, 0) is 126 Å². The number of phenols is 3. The third-order valence-corrected chi connectivity index (χ3v) is 22.9. The molecule has 5 aromatic rings. The minimum absolute atomic E-state index is 0.00141. The van der Waals surface area contributed by atoms with E-state index in [1.54, 1.807) is 38.1 Å². The van der Waals surface area contributed by atoms with Gasteiger partial charge >= 0.3 is 17.9 Å². The normalized spacial score (nSPS) is 24.3. The predicted octanol–water partition coefficient (Wildman–Crippen LogP) is -2.48. The first kappa shape index (κ1) is 97.9. The van der Waals surface area contributed by atoms with Crippen LogP contribution in [-0.4, -0.2) is 265 Å². The van der Waals surface area contributed by atoms with Crippen LogP contribution < -0.4 is 74.9 Å². The number of carboxylic acids is 1. The Kier molecular flexibility index (Phi) is 34.6. The first-order valence-electron chi connectivity index (χ1n) is 43.2. The van der Waals surface area contributed by atoms with Crippen LogP contribution in [0.1, 0.15) is 146 Å². The second-order valence-electron chi connectivity index (χ2n) is 33.4. The van der Waals surface area contributed by atoms with Gasteiger partial charge in [-0.25, -0.2) is 4.79 Å². The number of amides is 16. The number of primary amides is 1. The summed E-state index contributed by atoms with van der Waals surface area (Å²) in [5.74, 6) is -22.4. The predicted molar refractivity (Wildman–Crippen MR) is 458 cm³/mol.